The highest BCUT2D eigenvalue weighted by Gasteiger charge is 2.05. The van der Waals surface area contributed by atoms with Gasteiger partial charge in [-0.15, -0.1) is 11.3 Å². The van der Waals surface area contributed by atoms with E-state index in [1.807, 2.05) is 31.2 Å². The SMILES string of the molecule is Cc1cc(Cc2cccc(Cl)c2)sc1C=O. The van der Waals surface area contributed by atoms with Crippen LogP contribution < -0.4 is 0 Å². The molecule has 0 radical (unpaired) electrons. The standard InChI is InChI=1S/C13H11ClOS/c1-9-5-12(16-13(9)8-15)7-10-3-2-4-11(14)6-10/h2-6,8H,7H2,1H3. The number of halogens is 1. The van der Waals surface area contributed by atoms with Crippen LogP contribution in [0, 0.1) is 6.92 Å². The van der Waals surface area contributed by atoms with E-state index in [-0.39, 0.29) is 0 Å². The fraction of sp³-hybridized carbons (Fsp3) is 0.154. The average Bonchev–Trinajstić information content (AvgIpc) is 2.58. The first-order valence-electron chi connectivity index (χ1n) is 4.98. The fourth-order valence-corrected chi connectivity index (χ4v) is 2.85. The normalized spacial score (nSPS) is 10.4. The molecule has 0 unspecified atom stereocenters. The summed E-state index contributed by atoms with van der Waals surface area (Å²) in [6.45, 7) is 1.96. The quantitative estimate of drug-likeness (QED) is 0.749. The Morgan fingerprint density at radius 1 is 1.38 bits per heavy atom. The van der Waals surface area contributed by atoms with Crippen LogP contribution in [0.3, 0.4) is 0 Å². The summed E-state index contributed by atoms with van der Waals surface area (Å²) in [7, 11) is 0. The number of thiophene rings is 1. The minimum atomic E-state index is 0.751. The molecule has 2 rings (SSSR count). The largest absolute Gasteiger partial charge is 0.297 e. The van der Waals surface area contributed by atoms with E-state index in [0.717, 1.165) is 28.2 Å². The van der Waals surface area contributed by atoms with Gasteiger partial charge in [-0.3, -0.25) is 4.79 Å². The Morgan fingerprint density at radius 2 is 2.19 bits per heavy atom. The zero-order valence-corrected chi connectivity index (χ0v) is 10.4. The Hall–Kier alpha value is -1.12. The number of rotatable bonds is 3. The first-order chi connectivity index (χ1) is 7.69. The monoisotopic (exact) mass is 250 g/mol. The van der Waals surface area contributed by atoms with Gasteiger partial charge in [0, 0.05) is 16.3 Å². The van der Waals surface area contributed by atoms with Gasteiger partial charge in [-0.25, -0.2) is 0 Å². The second-order valence-electron chi connectivity index (χ2n) is 3.68. The lowest BCUT2D eigenvalue weighted by Crippen LogP contribution is -1.83. The van der Waals surface area contributed by atoms with Crippen molar-refractivity contribution >= 4 is 29.2 Å². The molecule has 0 saturated heterocycles. The van der Waals surface area contributed by atoms with E-state index in [0.29, 0.717) is 0 Å². The molecule has 0 aliphatic carbocycles. The van der Waals surface area contributed by atoms with Gasteiger partial charge in [0.25, 0.3) is 0 Å². The molecule has 0 aliphatic heterocycles. The van der Waals surface area contributed by atoms with Crippen molar-refractivity contribution in [3.63, 3.8) is 0 Å². The van der Waals surface area contributed by atoms with E-state index in [1.165, 1.54) is 10.4 Å². The van der Waals surface area contributed by atoms with E-state index < -0.39 is 0 Å². The third-order valence-corrected chi connectivity index (χ3v) is 3.78. The molecule has 1 heterocycles. The second kappa shape index (κ2) is 4.81. The zero-order valence-electron chi connectivity index (χ0n) is 8.87. The van der Waals surface area contributed by atoms with Crippen molar-refractivity contribution in [2.45, 2.75) is 13.3 Å². The smallest absolute Gasteiger partial charge is 0.160 e. The molecule has 0 aliphatic rings. The van der Waals surface area contributed by atoms with E-state index in [9.17, 15) is 4.79 Å². The predicted octanol–water partition coefficient (Wildman–Crippen LogP) is 4.11. The molecule has 0 bridgehead atoms. The van der Waals surface area contributed by atoms with Gasteiger partial charge in [0.15, 0.2) is 6.29 Å². The number of carbonyl (C=O) groups is 1. The summed E-state index contributed by atoms with van der Waals surface area (Å²) in [6, 6.07) is 9.87. The summed E-state index contributed by atoms with van der Waals surface area (Å²) < 4.78 is 0. The molecule has 0 N–H and O–H groups in total. The molecule has 82 valence electrons. The number of aldehydes is 1. The van der Waals surface area contributed by atoms with Crippen LogP contribution >= 0.6 is 22.9 Å². The molecule has 1 nitrogen and oxygen atoms in total. The van der Waals surface area contributed by atoms with Crippen molar-refractivity contribution in [1.29, 1.82) is 0 Å². The summed E-state index contributed by atoms with van der Waals surface area (Å²) in [4.78, 5) is 12.7. The summed E-state index contributed by atoms with van der Waals surface area (Å²) in [6.07, 6.45) is 1.75. The third-order valence-electron chi connectivity index (χ3n) is 2.38. The van der Waals surface area contributed by atoms with Gasteiger partial charge in [-0.2, -0.15) is 0 Å². The van der Waals surface area contributed by atoms with Crippen molar-refractivity contribution in [2.24, 2.45) is 0 Å². The van der Waals surface area contributed by atoms with Gasteiger partial charge in [0.1, 0.15) is 0 Å². The maximum absolute atomic E-state index is 10.7. The number of hydrogen-bond acceptors (Lipinski definition) is 2. The van der Waals surface area contributed by atoms with Crippen molar-refractivity contribution in [1.82, 2.24) is 0 Å². The highest BCUT2D eigenvalue weighted by Crippen LogP contribution is 2.23. The fourth-order valence-electron chi connectivity index (χ4n) is 1.62. The van der Waals surface area contributed by atoms with Crippen LogP contribution in [0.4, 0.5) is 0 Å². The Labute approximate surface area is 104 Å². The number of carbonyl (C=O) groups excluding carboxylic acids is 1. The summed E-state index contributed by atoms with van der Waals surface area (Å²) in [5.41, 5.74) is 2.23. The van der Waals surface area contributed by atoms with E-state index >= 15 is 0 Å². The van der Waals surface area contributed by atoms with Crippen molar-refractivity contribution < 1.29 is 4.79 Å². The third kappa shape index (κ3) is 2.52. The van der Waals surface area contributed by atoms with Gasteiger partial charge in [0.2, 0.25) is 0 Å². The molecule has 2 aromatic rings. The van der Waals surface area contributed by atoms with Crippen molar-refractivity contribution in [3.05, 3.63) is 56.2 Å². The average molecular weight is 251 g/mol. The van der Waals surface area contributed by atoms with Gasteiger partial charge in [-0.05, 0) is 36.2 Å². The van der Waals surface area contributed by atoms with Gasteiger partial charge in [-0.1, -0.05) is 23.7 Å². The van der Waals surface area contributed by atoms with Crippen LogP contribution in [-0.2, 0) is 6.42 Å². The minimum absolute atomic E-state index is 0.751. The molecular formula is C13H11ClOS. The molecule has 1 aromatic heterocycles. The molecule has 16 heavy (non-hydrogen) atoms. The Bertz CT molecular complexity index is 516. The highest BCUT2D eigenvalue weighted by molar-refractivity contribution is 7.13. The number of aryl methyl sites for hydroxylation is 1. The zero-order chi connectivity index (χ0) is 11.5. The van der Waals surface area contributed by atoms with Gasteiger partial charge < -0.3 is 0 Å². The predicted molar refractivity (Wildman–Crippen MR) is 68.7 cm³/mol. The lowest BCUT2D eigenvalue weighted by atomic mass is 10.1. The van der Waals surface area contributed by atoms with Crippen LogP contribution in [-0.4, -0.2) is 6.29 Å². The van der Waals surface area contributed by atoms with Gasteiger partial charge in [0.05, 0.1) is 4.88 Å². The summed E-state index contributed by atoms with van der Waals surface area (Å²) in [5, 5.41) is 0.751. The van der Waals surface area contributed by atoms with Crippen LogP contribution in [0.5, 0.6) is 0 Å². The minimum Gasteiger partial charge on any atom is -0.297 e. The second-order valence-corrected chi connectivity index (χ2v) is 5.29. The van der Waals surface area contributed by atoms with Crippen molar-refractivity contribution in [3.8, 4) is 0 Å². The summed E-state index contributed by atoms with van der Waals surface area (Å²) in [5.74, 6) is 0. The van der Waals surface area contributed by atoms with Crippen molar-refractivity contribution in [2.75, 3.05) is 0 Å². The van der Waals surface area contributed by atoms with Crippen LogP contribution in [0.15, 0.2) is 30.3 Å². The maximum Gasteiger partial charge on any atom is 0.160 e. The van der Waals surface area contributed by atoms with Crippen LogP contribution in [0.1, 0.15) is 25.7 Å². The molecule has 0 atom stereocenters. The Morgan fingerprint density at radius 3 is 2.81 bits per heavy atom. The Kier molecular flexibility index (Phi) is 3.42. The van der Waals surface area contributed by atoms with Crippen LogP contribution in [0.2, 0.25) is 5.02 Å². The van der Waals surface area contributed by atoms with E-state index in [2.05, 4.69) is 6.07 Å². The number of benzene rings is 1. The van der Waals surface area contributed by atoms with E-state index in [4.69, 9.17) is 11.6 Å². The topological polar surface area (TPSA) is 17.1 Å². The Balaban J connectivity index is 2.23. The lowest BCUT2D eigenvalue weighted by molar-refractivity contribution is 0.112. The van der Waals surface area contributed by atoms with E-state index in [1.54, 1.807) is 11.3 Å². The number of hydrogen-bond donors (Lipinski definition) is 0. The first kappa shape index (κ1) is 11.4. The highest BCUT2D eigenvalue weighted by atomic mass is 35.5. The lowest BCUT2D eigenvalue weighted by Gasteiger charge is -1.98. The van der Waals surface area contributed by atoms with Crippen LogP contribution in [0.25, 0.3) is 0 Å². The molecule has 1 aromatic carbocycles. The maximum atomic E-state index is 10.7. The molecular weight excluding hydrogens is 240 g/mol. The van der Waals surface area contributed by atoms with Gasteiger partial charge >= 0.3 is 0 Å². The molecule has 0 spiro atoms. The summed E-state index contributed by atoms with van der Waals surface area (Å²) >= 11 is 7.47. The molecule has 0 fully saturated rings. The first-order valence-corrected chi connectivity index (χ1v) is 6.17. The molecule has 0 saturated carbocycles. The molecule has 3 heteroatoms. The molecule has 0 amide bonds.